The number of furan rings is 1. The molecular weight excluding hydrogens is 451 g/mol. The smallest absolute Gasteiger partial charge is 0.346 e. The first kappa shape index (κ1) is 22.6. The van der Waals surface area contributed by atoms with Crippen LogP contribution in [0.2, 0.25) is 0 Å². The number of nitrogens with zero attached hydrogens (tertiary/aromatic N) is 5. The van der Waals surface area contributed by atoms with Crippen molar-refractivity contribution in [2.45, 2.75) is 12.8 Å². The van der Waals surface area contributed by atoms with Crippen molar-refractivity contribution in [2.75, 3.05) is 19.0 Å². The Bertz CT molecular complexity index is 1290. The van der Waals surface area contributed by atoms with Crippen molar-refractivity contribution >= 4 is 19.2 Å². The van der Waals surface area contributed by atoms with Gasteiger partial charge >= 0.3 is 7.60 Å². The van der Waals surface area contributed by atoms with Gasteiger partial charge in [-0.15, -0.1) is 0 Å². The summed E-state index contributed by atoms with van der Waals surface area (Å²) in [5.41, 5.74) is 2.04. The van der Waals surface area contributed by atoms with Crippen molar-refractivity contribution < 1.29 is 28.3 Å². The Balaban J connectivity index is 1.54. The van der Waals surface area contributed by atoms with Crippen LogP contribution in [0.3, 0.4) is 0 Å². The molecule has 0 bridgehead atoms. The first-order valence-corrected chi connectivity index (χ1v) is 11.6. The van der Waals surface area contributed by atoms with Crippen LogP contribution < -0.4 is 5.32 Å². The van der Waals surface area contributed by atoms with Gasteiger partial charge in [-0.05, 0) is 24.3 Å². The van der Waals surface area contributed by atoms with Gasteiger partial charge in [0.2, 0.25) is 0 Å². The zero-order valence-corrected chi connectivity index (χ0v) is 18.4. The second kappa shape index (κ2) is 9.51. The molecule has 13 heteroatoms. The zero-order valence-electron chi connectivity index (χ0n) is 17.5. The maximum Gasteiger partial charge on any atom is 0.346 e. The van der Waals surface area contributed by atoms with Crippen LogP contribution >= 0.6 is 7.60 Å². The number of ether oxygens (including phenoxy) is 1. The van der Waals surface area contributed by atoms with Crippen LogP contribution in [0, 0.1) is 0 Å². The summed E-state index contributed by atoms with van der Waals surface area (Å²) >= 11 is 0. The minimum atomic E-state index is -4.27. The lowest BCUT2D eigenvalue weighted by molar-refractivity contribution is 0.0997. The molecule has 0 aromatic carbocycles. The lowest BCUT2D eigenvalue weighted by atomic mass is 10.2. The third-order valence-corrected chi connectivity index (χ3v) is 5.18. The van der Waals surface area contributed by atoms with Crippen molar-refractivity contribution in [3.8, 4) is 22.7 Å². The first-order chi connectivity index (χ1) is 15.8. The number of anilines is 1. The van der Waals surface area contributed by atoms with E-state index >= 15 is 0 Å². The van der Waals surface area contributed by atoms with Crippen LogP contribution in [-0.2, 0) is 22.1 Å². The molecule has 0 fully saturated rings. The molecule has 4 heterocycles. The number of nitrogens with one attached hydrogen (secondary N) is 1. The summed E-state index contributed by atoms with van der Waals surface area (Å²) < 4.78 is 24.7. The Hall–Kier alpha value is -3.57. The van der Waals surface area contributed by atoms with Crippen LogP contribution in [0.1, 0.15) is 10.6 Å². The third-order valence-electron chi connectivity index (χ3n) is 4.52. The van der Waals surface area contributed by atoms with E-state index in [1.165, 1.54) is 18.5 Å². The molecule has 4 aromatic rings. The lowest BCUT2D eigenvalue weighted by Gasteiger charge is -2.03. The number of carbonyl (C=O) groups excluding carboxylic acids is 1. The van der Waals surface area contributed by atoms with Gasteiger partial charge in [-0.25, -0.2) is 0 Å². The fourth-order valence-electron chi connectivity index (χ4n) is 3.06. The van der Waals surface area contributed by atoms with Crippen molar-refractivity contribution in [1.29, 1.82) is 0 Å². The number of pyridine rings is 1. The monoisotopic (exact) mass is 472 g/mol. The van der Waals surface area contributed by atoms with Crippen LogP contribution in [-0.4, -0.2) is 54.0 Å². The Labute approximate surface area is 188 Å². The maximum absolute atomic E-state index is 12.8. The van der Waals surface area contributed by atoms with Crippen molar-refractivity contribution in [1.82, 2.24) is 24.5 Å². The van der Waals surface area contributed by atoms with Crippen LogP contribution in [0.4, 0.5) is 5.69 Å². The highest BCUT2D eigenvalue weighted by Gasteiger charge is 2.20. The standard InChI is InChI=1S/C20H21N6O6P/c1-31-9-8-25-12-16(19(24-25)15-4-2-3-7-21-15)23-20(27)18-6-5-17(32-18)14-10-22-26(11-14)13-33(28,29)30/h2-7,10-12H,8-9,13H2,1H3,(H,23,27)(H2,28,29,30). The molecular formula is C20H21N6O6P. The summed E-state index contributed by atoms with van der Waals surface area (Å²) in [6, 6.07) is 8.48. The van der Waals surface area contributed by atoms with E-state index in [4.69, 9.17) is 18.9 Å². The predicted octanol–water partition coefficient (Wildman–Crippen LogP) is 2.44. The number of hydrogen-bond acceptors (Lipinski definition) is 7. The van der Waals surface area contributed by atoms with Gasteiger partial charge in [0.1, 0.15) is 17.7 Å². The molecule has 0 saturated carbocycles. The highest BCUT2D eigenvalue weighted by Crippen LogP contribution is 2.36. The van der Waals surface area contributed by atoms with Gasteiger partial charge in [0, 0.05) is 25.7 Å². The van der Waals surface area contributed by atoms with Crippen LogP contribution in [0.15, 0.2) is 59.5 Å². The molecule has 172 valence electrons. The molecule has 0 radical (unpaired) electrons. The van der Waals surface area contributed by atoms with Crippen LogP contribution in [0.5, 0.6) is 0 Å². The second-order valence-electron chi connectivity index (χ2n) is 7.05. The normalized spacial score (nSPS) is 11.6. The number of methoxy groups -OCH3 is 1. The summed E-state index contributed by atoms with van der Waals surface area (Å²) in [7, 11) is -2.67. The highest BCUT2D eigenvalue weighted by atomic mass is 31.2. The predicted molar refractivity (Wildman–Crippen MR) is 117 cm³/mol. The van der Waals surface area contributed by atoms with E-state index in [0.717, 1.165) is 4.68 Å². The number of aromatic nitrogens is 5. The minimum Gasteiger partial charge on any atom is -0.451 e. The van der Waals surface area contributed by atoms with E-state index in [-0.39, 0.29) is 5.76 Å². The molecule has 0 spiro atoms. The molecule has 0 aliphatic heterocycles. The van der Waals surface area contributed by atoms with E-state index < -0.39 is 19.8 Å². The van der Waals surface area contributed by atoms with E-state index in [1.54, 1.807) is 42.4 Å². The number of carbonyl (C=O) groups is 1. The number of hydrogen-bond donors (Lipinski definition) is 3. The van der Waals surface area contributed by atoms with E-state index in [1.807, 2.05) is 6.07 Å². The van der Waals surface area contributed by atoms with Gasteiger partial charge in [-0.2, -0.15) is 10.2 Å². The van der Waals surface area contributed by atoms with Crippen molar-refractivity contribution in [3.05, 3.63) is 60.9 Å². The Kier molecular flexibility index (Phi) is 6.52. The molecule has 0 saturated heterocycles. The molecule has 0 aliphatic rings. The van der Waals surface area contributed by atoms with E-state index in [2.05, 4.69) is 20.5 Å². The summed E-state index contributed by atoms with van der Waals surface area (Å²) in [6.45, 7) is 0.948. The molecule has 0 unspecified atom stereocenters. The Morgan fingerprint density at radius 3 is 2.79 bits per heavy atom. The second-order valence-corrected chi connectivity index (χ2v) is 8.67. The highest BCUT2D eigenvalue weighted by molar-refractivity contribution is 7.50. The molecule has 0 atom stereocenters. The van der Waals surface area contributed by atoms with Crippen molar-refractivity contribution in [3.63, 3.8) is 0 Å². The van der Waals surface area contributed by atoms with Crippen LogP contribution in [0.25, 0.3) is 22.7 Å². The first-order valence-electron chi connectivity index (χ1n) is 9.79. The molecule has 4 aromatic heterocycles. The fraction of sp³-hybridized carbons (Fsp3) is 0.200. The quantitative estimate of drug-likeness (QED) is 0.311. The fourth-order valence-corrected chi connectivity index (χ4v) is 3.59. The van der Waals surface area contributed by atoms with Crippen molar-refractivity contribution in [2.24, 2.45) is 0 Å². The molecule has 4 rings (SSSR count). The zero-order chi connectivity index (χ0) is 23.4. The van der Waals surface area contributed by atoms with Gasteiger partial charge in [-0.3, -0.25) is 23.7 Å². The average Bonchev–Trinajstić information content (AvgIpc) is 3.51. The minimum absolute atomic E-state index is 0.0457. The Morgan fingerprint density at radius 1 is 1.21 bits per heavy atom. The van der Waals surface area contributed by atoms with Gasteiger partial charge in [0.05, 0.1) is 36.3 Å². The molecule has 3 N–H and O–H groups in total. The maximum atomic E-state index is 12.8. The molecule has 33 heavy (non-hydrogen) atoms. The summed E-state index contributed by atoms with van der Waals surface area (Å²) in [4.78, 5) is 35.3. The average molecular weight is 472 g/mol. The van der Waals surface area contributed by atoms with E-state index in [9.17, 15) is 9.36 Å². The summed E-state index contributed by atoms with van der Waals surface area (Å²) in [5, 5.41) is 11.2. The Morgan fingerprint density at radius 2 is 2.06 bits per heavy atom. The summed E-state index contributed by atoms with van der Waals surface area (Å²) in [5.74, 6) is -0.116. The van der Waals surface area contributed by atoms with Gasteiger partial charge in [0.15, 0.2) is 5.76 Å². The largest absolute Gasteiger partial charge is 0.451 e. The number of rotatable bonds is 9. The third kappa shape index (κ3) is 5.62. The molecule has 1 amide bonds. The van der Waals surface area contributed by atoms with Gasteiger partial charge in [0.25, 0.3) is 5.91 Å². The molecule has 0 aliphatic carbocycles. The van der Waals surface area contributed by atoms with Gasteiger partial charge in [-0.1, -0.05) is 6.07 Å². The topological polar surface area (TPSA) is 158 Å². The molecule has 12 nitrogen and oxygen atoms in total. The van der Waals surface area contributed by atoms with E-state index in [0.29, 0.717) is 41.6 Å². The lowest BCUT2D eigenvalue weighted by Crippen LogP contribution is -2.11. The summed E-state index contributed by atoms with van der Waals surface area (Å²) in [6.07, 6.45) is 5.61. The number of amides is 1. The SMILES string of the molecule is COCCn1cc(NC(=O)c2ccc(-c3cnn(CP(=O)(O)O)c3)o2)c(-c2ccccn2)n1. The van der Waals surface area contributed by atoms with Gasteiger partial charge < -0.3 is 24.3 Å².